The number of hydrogen-bond donors (Lipinski definition) is 1. The molecule has 1 aliphatic heterocycles. The Bertz CT molecular complexity index is 397. The summed E-state index contributed by atoms with van der Waals surface area (Å²) in [6.07, 6.45) is 0.763. The van der Waals surface area contributed by atoms with Crippen LogP contribution < -0.4 is 5.90 Å². The van der Waals surface area contributed by atoms with Gasteiger partial charge in [-0.3, -0.25) is 9.63 Å². The van der Waals surface area contributed by atoms with Crippen molar-refractivity contribution >= 4 is 21.8 Å². The molecule has 5 heteroatoms. The van der Waals surface area contributed by atoms with Crippen molar-refractivity contribution in [3.63, 3.8) is 0 Å². The summed E-state index contributed by atoms with van der Waals surface area (Å²) in [6, 6.07) is 7.41. The van der Waals surface area contributed by atoms with Gasteiger partial charge < -0.3 is 4.90 Å². The monoisotopic (exact) mass is 284 g/mol. The fourth-order valence-electron chi connectivity index (χ4n) is 1.83. The van der Waals surface area contributed by atoms with E-state index in [9.17, 15) is 4.79 Å². The van der Waals surface area contributed by atoms with Crippen LogP contribution in [0, 0.1) is 0 Å². The molecule has 1 saturated heterocycles. The molecule has 0 aromatic heterocycles. The zero-order valence-corrected chi connectivity index (χ0v) is 10.3. The highest BCUT2D eigenvalue weighted by Gasteiger charge is 2.27. The van der Waals surface area contributed by atoms with Crippen molar-refractivity contribution in [3.05, 3.63) is 34.3 Å². The second-order valence-electron chi connectivity index (χ2n) is 3.78. The van der Waals surface area contributed by atoms with Crippen molar-refractivity contribution in [1.29, 1.82) is 0 Å². The van der Waals surface area contributed by atoms with E-state index in [4.69, 9.17) is 10.7 Å². The summed E-state index contributed by atoms with van der Waals surface area (Å²) >= 11 is 3.37. The number of rotatable bonds is 2. The maximum absolute atomic E-state index is 12.1. The second-order valence-corrected chi connectivity index (χ2v) is 4.63. The molecule has 1 amide bonds. The van der Waals surface area contributed by atoms with Gasteiger partial charge in [0, 0.05) is 17.6 Å². The van der Waals surface area contributed by atoms with Crippen molar-refractivity contribution in [2.24, 2.45) is 5.90 Å². The molecule has 2 N–H and O–H groups in total. The summed E-state index contributed by atoms with van der Waals surface area (Å²) < 4.78 is 0.817. The predicted octanol–water partition coefficient (Wildman–Crippen LogP) is 1.55. The van der Waals surface area contributed by atoms with Crippen molar-refractivity contribution in [2.75, 3.05) is 13.1 Å². The molecule has 1 fully saturated rings. The van der Waals surface area contributed by atoms with Gasteiger partial charge in [-0.05, 0) is 34.5 Å². The number of likely N-dealkylation sites (tertiary alicyclic amines) is 1. The predicted molar refractivity (Wildman–Crippen MR) is 63.7 cm³/mol. The highest BCUT2D eigenvalue weighted by molar-refractivity contribution is 9.10. The van der Waals surface area contributed by atoms with Crippen LogP contribution in [-0.4, -0.2) is 30.0 Å². The van der Waals surface area contributed by atoms with Gasteiger partial charge >= 0.3 is 0 Å². The van der Waals surface area contributed by atoms with Crippen molar-refractivity contribution in [2.45, 2.75) is 12.5 Å². The molecule has 0 bridgehead atoms. The molecule has 1 unspecified atom stereocenters. The van der Waals surface area contributed by atoms with E-state index >= 15 is 0 Å². The van der Waals surface area contributed by atoms with E-state index in [2.05, 4.69) is 15.9 Å². The Hall–Kier alpha value is -0.910. The first-order valence-corrected chi connectivity index (χ1v) is 5.91. The standard InChI is InChI=1S/C11H13BrN2O2/c12-10-4-2-1-3-9(10)11(15)14-6-5-8(7-14)16-13/h1-4,8H,5-7,13H2. The van der Waals surface area contributed by atoms with Crippen LogP contribution in [0.4, 0.5) is 0 Å². The number of carbonyl (C=O) groups excluding carboxylic acids is 1. The highest BCUT2D eigenvalue weighted by atomic mass is 79.9. The van der Waals surface area contributed by atoms with Crippen LogP contribution in [0.2, 0.25) is 0 Å². The van der Waals surface area contributed by atoms with E-state index in [1.54, 1.807) is 4.90 Å². The van der Waals surface area contributed by atoms with Crippen LogP contribution in [0.3, 0.4) is 0 Å². The first-order valence-electron chi connectivity index (χ1n) is 5.11. The van der Waals surface area contributed by atoms with E-state index in [0.717, 1.165) is 10.9 Å². The lowest BCUT2D eigenvalue weighted by Crippen LogP contribution is -2.31. The Morgan fingerprint density at radius 3 is 2.88 bits per heavy atom. The molecule has 0 aliphatic carbocycles. The Morgan fingerprint density at radius 2 is 2.25 bits per heavy atom. The minimum absolute atomic E-state index is 0.0204. The van der Waals surface area contributed by atoms with Crippen molar-refractivity contribution < 1.29 is 9.63 Å². The second kappa shape index (κ2) is 4.95. The van der Waals surface area contributed by atoms with Crippen LogP contribution in [-0.2, 0) is 4.84 Å². The molecule has 1 aromatic carbocycles. The van der Waals surface area contributed by atoms with E-state index < -0.39 is 0 Å². The summed E-state index contributed by atoms with van der Waals surface area (Å²) in [5.41, 5.74) is 0.681. The van der Waals surface area contributed by atoms with Crippen LogP contribution >= 0.6 is 15.9 Å². The molecule has 0 spiro atoms. The fraction of sp³-hybridized carbons (Fsp3) is 0.364. The Kier molecular flexibility index (Phi) is 3.58. The van der Waals surface area contributed by atoms with Gasteiger partial charge in [0.25, 0.3) is 5.91 Å². The largest absolute Gasteiger partial charge is 0.336 e. The molecule has 0 saturated carbocycles. The summed E-state index contributed by atoms with van der Waals surface area (Å²) in [5, 5.41) is 0. The van der Waals surface area contributed by atoms with Crippen LogP contribution in [0.1, 0.15) is 16.8 Å². The van der Waals surface area contributed by atoms with Gasteiger partial charge in [0.1, 0.15) is 0 Å². The number of nitrogens with zero attached hydrogens (tertiary/aromatic N) is 1. The average molecular weight is 285 g/mol. The topological polar surface area (TPSA) is 55.6 Å². The van der Waals surface area contributed by atoms with Crippen LogP contribution in [0.25, 0.3) is 0 Å². The van der Waals surface area contributed by atoms with Crippen LogP contribution in [0.5, 0.6) is 0 Å². The molecule has 1 heterocycles. The van der Waals surface area contributed by atoms with E-state index in [-0.39, 0.29) is 12.0 Å². The van der Waals surface area contributed by atoms with E-state index in [1.807, 2.05) is 24.3 Å². The van der Waals surface area contributed by atoms with Gasteiger partial charge in [-0.1, -0.05) is 12.1 Å². The maximum Gasteiger partial charge on any atom is 0.255 e. The number of nitrogens with two attached hydrogens (primary N) is 1. The lowest BCUT2D eigenvalue weighted by atomic mass is 10.2. The van der Waals surface area contributed by atoms with Crippen LogP contribution in [0.15, 0.2) is 28.7 Å². The van der Waals surface area contributed by atoms with Gasteiger partial charge in [0.15, 0.2) is 0 Å². The molecule has 2 rings (SSSR count). The number of carbonyl (C=O) groups is 1. The third-order valence-electron chi connectivity index (χ3n) is 2.73. The number of hydrogen-bond acceptors (Lipinski definition) is 3. The summed E-state index contributed by atoms with van der Waals surface area (Å²) in [5.74, 6) is 5.14. The molecule has 1 aliphatic rings. The Balaban J connectivity index is 2.12. The molecule has 4 nitrogen and oxygen atoms in total. The zero-order valence-electron chi connectivity index (χ0n) is 8.73. The first-order chi connectivity index (χ1) is 7.72. The van der Waals surface area contributed by atoms with Crippen molar-refractivity contribution in [3.8, 4) is 0 Å². The fourth-order valence-corrected chi connectivity index (χ4v) is 2.28. The quantitative estimate of drug-likeness (QED) is 0.839. The number of halogens is 1. The van der Waals surface area contributed by atoms with E-state index in [0.29, 0.717) is 18.7 Å². The molecule has 1 atom stereocenters. The van der Waals surface area contributed by atoms with Crippen molar-refractivity contribution in [1.82, 2.24) is 4.90 Å². The number of amides is 1. The Labute approximate surface area is 102 Å². The minimum Gasteiger partial charge on any atom is -0.336 e. The van der Waals surface area contributed by atoms with Gasteiger partial charge in [-0.15, -0.1) is 0 Å². The summed E-state index contributed by atoms with van der Waals surface area (Å²) in [6.45, 7) is 1.26. The van der Waals surface area contributed by atoms with Gasteiger partial charge in [-0.25, -0.2) is 5.90 Å². The van der Waals surface area contributed by atoms with Gasteiger partial charge in [-0.2, -0.15) is 0 Å². The Morgan fingerprint density at radius 1 is 1.50 bits per heavy atom. The third kappa shape index (κ3) is 2.26. The molecule has 0 radical (unpaired) electrons. The third-order valence-corrected chi connectivity index (χ3v) is 3.42. The van der Waals surface area contributed by atoms with E-state index in [1.165, 1.54) is 0 Å². The minimum atomic E-state index is -0.0357. The summed E-state index contributed by atoms with van der Waals surface area (Å²) in [4.78, 5) is 18.6. The molecular weight excluding hydrogens is 272 g/mol. The first kappa shape index (κ1) is 11.6. The zero-order chi connectivity index (χ0) is 11.5. The SMILES string of the molecule is NOC1CCN(C(=O)c2ccccc2Br)C1. The lowest BCUT2D eigenvalue weighted by Gasteiger charge is -2.16. The smallest absolute Gasteiger partial charge is 0.255 e. The molecular formula is C11H13BrN2O2. The maximum atomic E-state index is 12.1. The highest BCUT2D eigenvalue weighted by Crippen LogP contribution is 2.20. The molecule has 1 aromatic rings. The number of benzene rings is 1. The average Bonchev–Trinajstić information content (AvgIpc) is 2.77. The van der Waals surface area contributed by atoms with Gasteiger partial charge in [0.2, 0.25) is 0 Å². The lowest BCUT2D eigenvalue weighted by molar-refractivity contribution is 0.0537. The normalized spacial score (nSPS) is 20.1. The summed E-state index contributed by atoms with van der Waals surface area (Å²) in [7, 11) is 0. The molecule has 86 valence electrons. The molecule has 16 heavy (non-hydrogen) atoms. The van der Waals surface area contributed by atoms with Gasteiger partial charge in [0.05, 0.1) is 11.7 Å².